The van der Waals surface area contributed by atoms with Gasteiger partial charge in [0.2, 0.25) is 0 Å². The van der Waals surface area contributed by atoms with E-state index in [0.29, 0.717) is 38.4 Å². The lowest BCUT2D eigenvalue weighted by atomic mass is 10.0. The van der Waals surface area contributed by atoms with Crippen molar-refractivity contribution in [3.05, 3.63) is 53.0 Å². The summed E-state index contributed by atoms with van der Waals surface area (Å²) in [6, 6.07) is 6.22. The molecule has 2 aliphatic heterocycles. The molecule has 0 atom stereocenters. The van der Waals surface area contributed by atoms with Crippen molar-refractivity contribution in [2.75, 3.05) is 42.5 Å². The van der Waals surface area contributed by atoms with Gasteiger partial charge in [-0.1, -0.05) is 6.07 Å². The molecule has 2 saturated heterocycles. The second kappa shape index (κ2) is 7.83. The summed E-state index contributed by atoms with van der Waals surface area (Å²) in [6.45, 7) is 10.6. The quantitative estimate of drug-likeness (QED) is 0.821. The highest BCUT2D eigenvalue weighted by Crippen LogP contribution is 2.29. The zero-order chi connectivity index (χ0) is 22.3. The first kappa shape index (κ1) is 21.1. The van der Waals surface area contributed by atoms with Crippen LogP contribution in [0.3, 0.4) is 0 Å². The van der Waals surface area contributed by atoms with Crippen LogP contribution in [0.15, 0.2) is 30.5 Å². The number of halogens is 1. The Morgan fingerprint density at radius 3 is 2.42 bits per heavy atom. The predicted octanol–water partition coefficient (Wildman–Crippen LogP) is 3.11. The summed E-state index contributed by atoms with van der Waals surface area (Å²) in [6.07, 6.45) is 1.85. The Hall–Kier alpha value is -3.16. The van der Waals surface area contributed by atoms with Gasteiger partial charge in [-0.05, 0) is 57.0 Å². The van der Waals surface area contributed by atoms with Crippen LogP contribution in [0.1, 0.15) is 35.3 Å². The summed E-state index contributed by atoms with van der Waals surface area (Å²) in [5, 5.41) is 2.77. The Bertz CT molecular complexity index is 1030. The normalized spacial score (nSPS) is 18.4. The number of anilines is 2. The minimum atomic E-state index is -0.614. The maximum atomic E-state index is 14.9. The van der Waals surface area contributed by atoms with Crippen molar-refractivity contribution in [3.8, 4) is 0 Å². The van der Waals surface area contributed by atoms with E-state index < -0.39 is 11.4 Å². The van der Waals surface area contributed by atoms with Gasteiger partial charge < -0.3 is 15.1 Å². The fourth-order valence-corrected chi connectivity index (χ4v) is 4.34. The van der Waals surface area contributed by atoms with Crippen LogP contribution in [0.5, 0.6) is 0 Å². The minimum Gasteiger partial charge on any atom is -0.353 e. The van der Waals surface area contributed by atoms with Gasteiger partial charge in [0.25, 0.3) is 5.91 Å². The van der Waals surface area contributed by atoms with Crippen LogP contribution in [0.2, 0.25) is 0 Å². The van der Waals surface area contributed by atoms with Gasteiger partial charge in [-0.25, -0.2) is 14.2 Å². The van der Waals surface area contributed by atoms with Crippen LogP contribution >= 0.6 is 0 Å². The predicted molar refractivity (Wildman–Crippen MR) is 118 cm³/mol. The van der Waals surface area contributed by atoms with Crippen molar-refractivity contribution in [3.63, 3.8) is 0 Å². The molecule has 1 aromatic heterocycles. The highest BCUT2D eigenvalue weighted by molar-refractivity contribution is 5.98. The lowest BCUT2D eigenvalue weighted by Gasteiger charge is -2.36. The third kappa shape index (κ3) is 3.94. The second-order valence-corrected chi connectivity index (χ2v) is 8.90. The number of hydrogen-bond donors (Lipinski definition) is 1. The standard InChI is InChI=1S/C23H28FN5O2/c1-15-11-16(2)20(25-13-15)27-7-9-28(10-8-27)21(30)18-6-5-17(12-19(18)24)29-22(31)26-14-23(29,3)4/h5-6,11-13H,7-10,14H2,1-4H3,(H,26,31). The number of piperazine rings is 1. The number of urea groups is 1. The van der Waals surface area contributed by atoms with Gasteiger partial charge in [0.1, 0.15) is 11.6 Å². The van der Waals surface area contributed by atoms with Crippen molar-refractivity contribution in [2.24, 2.45) is 0 Å². The number of carbonyl (C=O) groups is 2. The number of nitrogens with zero attached hydrogens (tertiary/aromatic N) is 4. The van der Waals surface area contributed by atoms with Crippen molar-refractivity contribution >= 4 is 23.4 Å². The SMILES string of the molecule is Cc1cnc(N2CCN(C(=O)c3ccc(N4C(=O)NCC4(C)C)cc3F)CC2)c(C)c1. The number of amides is 3. The molecule has 3 amide bonds. The number of pyridine rings is 1. The highest BCUT2D eigenvalue weighted by Gasteiger charge is 2.39. The number of nitrogens with one attached hydrogen (secondary N) is 1. The summed E-state index contributed by atoms with van der Waals surface area (Å²) in [5.74, 6) is -0.0152. The Balaban J connectivity index is 1.46. The highest BCUT2D eigenvalue weighted by atomic mass is 19.1. The summed E-state index contributed by atoms with van der Waals surface area (Å²) in [7, 11) is 0. The zero-order valence-electron chi connectivity index (χ0n) is 18.4. The molecule has 2 fully saturated rings. The number of aryl methyl sites for hydroxylation is 2. The molecule has 0 aliphatic carbocycles. The maximum Gasteiger partial charge on any atom is 0.322 e. The molecule has 0 spiro atoms. The molecular formula is C23H28FN5O2. The van der Waals surface area contributed by atoms with Crippen molar-refractivity contribution < 1.29 is 14.0 Å². The van der Waals surface area contributed by atoms with Crippen LogP contribution in [0.4, 0.5) is 20.7 Å². The summed E-state index contributed by atoms with van der Waals surface area (Å²) < 4.78 is 14.9. The average Bonchev–Trinajstić information content (AvgIpc) is 3.00. The monoisotopic (exact) mass is 425 g/mol. The molecule has 0 radical (unpaired) electrons. The fourth-order valence-electron chi connectivity index (χ4n) is 4.34. The molecule has 8 heteroatoms. The van der Waals surface area contributed by atoms with Gasteiger partial charge in [-0.2, -0.15) is 0 Å². The van der Waals surface area contributed by atoms with E-state index in [9.17, 15) is 14.0 Å². The van der Waals surface area contributed by atoms with E-state index in [1.54, 1.807) is 11.0 Å². The van der Waals surface area contributed by atoms with Crippen LogP contribution in [0.25, 0.3) is 0 Å². The van der Waals surface area contributed by atoms with Crippen molar-refractivity contribution in [2.45, 2.75) is 33.2 Å². The summed E-state index contributed by atoms with van der Waals surface area (Å²) >= 11 is 0. The van der Waals surface area contributed by atoms with Gasteiger partial charge in [0.05, 0.1) is 11.1 Å². The van der Waals surface area contributed by atoms with Gasteiger partial charge >= 0.3 is 6.03 Å². The summed E-state index contributed by atoms with van der Waals surface area (Å²) in [5.41, 5.74) is 2.23. The van der Waals surface area contributed by atoms with E-state index in [1.165, 1.54) is 17.0 Å². The zero-order valence-corrected chi connectivity index (χ0v) is 18.4. The van der Waals surface area contributed by atoms with E-state index in [2.05, 4.69) is 21.3 Å². The van der Waals surface area contributed by atoms with Crippen LogP contribution in [-0.2, 0) is 0 Å². The number of aromatic nitrogens is 1. The van der Waals surface area contributed by atoms with E-state index in [1.807, 2.05) is 33.9 Å². The van der Waals surface area contributed by atoms with E-state index >= 15 is 0 Å². The Kier molecular flexibility index (Phi) is 5.33. The molecule has 0 bridgehead atoms. The van der Waals surface area contributed by atoms with Crippen molar-refractivity contribution in [1.29, 1.82) is 0 Å². The molecule has 0 saturated carbocycles. The Morgan fingerprint density at radius 2 is 1.84 bits per heavy atom. The number of benzene rings is 1. The largest absolute Gasteiger partial charge is 0.353 e. The molecule has 0 unspecified atom stereocenters. The van der Waals surface area contributed by atoms with Gasteiger partial charge in [-0.3, -0.25) is 9.69 Å². The van der Waals surface area contributed by atoms with Gasteiger partial charge in [0.15, 0.2) is 0 Å². The lowest BCUT2D eigenvalue weighted by molar-refractivity contribution is 0.0742. The maximum absolute atomic E-state index is 14.9. The van der Waals surface area contributed by atoms with Crippen LogP contribution < -0.4 is 15.1 Å². The Labute approximate surface area is 181 Å². The first-order valence-corrected chi connectivity index (χ1v) is 10.5. The number of carbonyl (C=O) groups excluding carboxylic acids is 2. The van der Waals surface area contributed by atoms with E-state index in [0.717, 1.165) is 16.9 Å². The molecule has 164 valence electrons. The smallest absolute Gasteiger partial charge is 0.322 e. The van der Waals surface area contributed by atoms with Gasteiger partial charge in [0, 0.05) is 44.6 Å². The molecule has 1 N–H and O–H groups in total. The third-order valence-electron chi connectivity index (χ3n) is 5.98. The molecule has 3 heterocycles. The first-order valence-electron chi connectivity index (χ1n) is 10.5. The topological polar surface area (TPSA) is 68.8 Å². The molecule has 4 rings (SSSR count). The fraction of sp³-hybridized carbons (Fsp3) is 0.435. The third-order valence-corrected chi connectivity index (χ3v) is 5.98. The molecule has 2 aromatic rings. The van der Waals surface area contributed by atoms with E-state index in [-0.39, 0.29) is 17.5 Å². The minimum absolute atomic E-state index is 0.0271. The average molecular weight is 426 g/mol. The lowest BCUT2D eigenvalue weighted by Crippen LogP contribution is -2.49. The molecular weight excluding hydrogens is 397 g/mol. The van der Waals surface area contributed by atoms with Crippen LogP contribution in [-0.4, -0.2) is 60.1 Å². The van der Waals surface area contributed by atoms with Gasteiger partial charge in [-0.15, -0.1) is 0 Å². The molecule has 1 aromatic carbocycles. The van der Waals surface area contributed by atoms with Crippen molar-refractivity contribution in [1.82, 2.24) is 15.2 Å². The van der Waals surface area contributed by atoms with E-state index in [4.69, 9.17) is 0 Å². The number of hydrogen-bond acceptors (Lipinski definition) is 4. The first-order chi connectivity index (χ1) is 14.7. The summed E-state index contributed by atoms with van der Waals surface area (Å²) in [4.78, 5) is 35.0. The second-order valence-electron chi connectivity index (χ2n) is 8.90. The Morgan fingerprint density at radius 1 is 1.13 bits per heavy atom. The van der Waals surface area contributed by atoms with Crippen LogP contribution in [0, 0.1) is 19.7 Å². The molecule has 2 aliphatic rings. The molecule has 31 heavy (non-hydrogen) atoms. The molecule has 7 nitrogen and oxygen atoms in total. The number of rotatable bonds is 3.